The van der Waals surface area contributed by atoms with Gasteiger partial charge in [-0.2, -0.15) is 0 Å². The topological polar surface area (TPSA) is 89.6 Å². The van der Waals surface area contributed by atoms with Gasteiger partial charge >= 0.3 is 0 Å². The zero-order chi connectivity index (χ0) is 19.5. The summed E-state index contributed by atoms with van der Waals surface area (Å²) in [6.07, 6.45) is 1.43. The monoisotopic (exact) mass is 375 g/mol. The number of pyridine rings is 1. The molecule has 140 valence electrons. The molecule has 7 nitrogen and oxygen atoms in total. The van der Waals surface area contributed by atoms with Gasteiger partial charge in [0.15, 0.2) is 11.5 Å². The lowest BCUT2D eigenvalue weighted by molar-refractivity contribution is 0.102. The molecule has 1 aromatic heterocycles. The molecule has 2 aromatic carbocycles. The standard InChI is InChI=1S/C21H17N3O4/c1-13-3-2-4-15(9-13)23-20(25)14-7-8-22-17(10-14)21(26)24-16-5-6-18-19(11-16)28-12-27-18/h2-11H,12H2,1H3,(H,23,25)(H,24,26). The number of hydrogen-bond donors (Lipinski definition) is 2. The van der Waals surface area contributed by atoms with Gasteiger partial charge in [-0.3, -0.25) is 14.6 Å². The van der Waals surface area contributed by atoms with Crippen molar-refractivity contribution < 1.29 is 19.1 Å². The highest BCUT2D eigenvalue weighted by Gasteiger charge is 2.16. The minimum Gasteiger partial charge on any atom is -0.454 e. The average Bonchev–Trinajstić information content (AvgIpc) is 3.16. The molecule has 1 aliphatic rings. The number of ether oxygens (including phenoxy) is 2. The van der Waals surface area contributed by atoms with Crippen LogP contribution in [-0.2, 0) is 0 Å². The van der Waals surface area contributed by atoms with E-state index in [9.17, 15) is 9.59 Å². The van der Waals surface area contributed by atoms with Gasteiger partial charge in [0.2, 0.25) is 6.79 Å². The number of nitrogens with zero attached hydrogens (tertiary/aromatic N) is 1. The molecule has 4 rings (SSSR count). The summed E-state index contributed by atoms with van der Waals surface area (Å²) in [5.74, 6) is 0.456. The van der Waals surface area contributed by atoms with E-state index in [1.54, 1.807) is 30.3 Å². The molecule has 0 spiro atoms. The number of nitrogens with one attached hydrogen (secondary N) is 2. The summed E-state index contributed by atoms with van der Waals surface area (Å²) in [6.45, 7) is 2.10. The molecule has 0 saturated heterocycles. The Kier molecular flexibility index (Phi) is 4.63. The summed E-state index contributed by atoms with van der Waals surface area (Å²) in [5, 5.41) is 5.56. The molecule has 1 aliphatic heterocycles. The van der Waals surface area contributed by atoms with Gasteiger partial charge in [0.05, 0.1) is 0 Å². The third-order valence-corrected chi connectivity index (χ3v) is 4.16. The molecule has 3 aromatic rings. The Balaban J connectivity index is 1.48. The van der Waals surface area contributed by atoms with E-state index < -0.39 is 5.91 Å². The summed E-state index contributed by atoms with van der Waals surface area (Å²) >= 11 is 0. The van der Waals surface area contributed by atoms with E-state index in [2.05, 4.69) is 15.6 Å². The van der Waals surface area contributed by atoms with Crippen LogP contribution >= 0.6 is 0 Å². The second-order valence-electron chi connectivity index (χ2n) is 6.28. The van der Waals surface area contributed by atoms with E-state index >= 15 is 0 Å². The van der Waals surface area contributed by atoms with Crippen LogP contribution in [0.25, 0.3) is 0 Å². The first-order valence-corrected chi connectivity index (χ1v) is 8.63. The van der Waals surface area contributed by atoms with Crippen molar-refractivity contribution in [2.24, 2.45) is 0 Å². The minimum atomic E-state index is -0.427. The van der Waals surface area contributed by atoms with Gasteiger partial charge in [-0.1, -0.05) is 12.1 Å². The fourth-order valence-corrected chi connectivity index (χ4v) is 2.79. The Morgan fingerprint density at radius 1 is 0.893 bits per heavy atom. The second-order valence-corrected chi connectivity index (χ2v) is 6.28. The Labute approximate surface area is 161 Å². The number of aromatic nitrogens is 1. The van der Waals surface area contributed by atoms with Gasteiger partial charge < -0.3 is 20.1 Å². The van der Waals surface area contributed by atoms with Gasteiger partial charge in [0, 0.05) is 29.2 Å². The van der Waals surface area contributed by atoms with Crippen molar-refractivity contribution in [3.63, 3.8) is 0 Å². The zero-order valence-corrected chi connectivity index (χ0v) is 15.1. The Morgan fingerprint density at radius 3 is 2.54 bits per heavy atom. The molecule has 0 atom stereocenters. The van der Waals surface area contributed by atoms with Crippen molar-refractivity contribution in [1.82, 2.24) is 4.98 Å². The van der Waals surface area contributed by atoms with Crippen LogP contribution in [-0.4, -0.2) is 23.6 Å². The van der Waals surface area contributed by atoms with Crippen molar-refractivity contribution in [2.75, 3.05) is 17.4 Å². The number of benzene rings is 2. The van der Waals surface area contributed by atoms with E-state index in [0.717, 1.165) is 5.56 Å². The average molecular weight is 375 g/mol. The maximum Gasteiger partial charge on any atom is 0.274 e. The second kappa shape index (κ2) is 7.40. The van der Waals surface area contributed by atoms with Crippen LogP contribution in [0.3, 0.4) is 0 Å². The van der Waals surface area contributed by atoms with Crippen LogP contribution in [0.4, 0.5) is 11.4 Å². The van der Waals surface area contributed by atoms with Crippen LogP contribution < -0.4 is 20.1 Å². The summed E-state index contributed by atoms with van der Waals surface area (Å²) < 4.78 is 10.5. The molecule has 2 heterocycles. The normalized spacial score (nSPS) is 11.8. The molecule has 2 N–H and O–H groups in total. The van der Waals surface area contributed by atoms with Gasteiger partial charge in [-0.15, -0.1) is 0 Å². The zero-order valence-electron chi connectivity index (χ0n) is 15.1. The van der Waals surface area contributed by atoms with Crippen LogP contribution in [0.5, 0.6) is 11.5 Å². The van der Waals surface area contributed by atoms with E-state index in [1.165, 1.54) is 12.3 Å². The molecular formula is C21H17N3O4. The van der Waals surface area contributed by atoms with E-state index in [-0.39, 0.29) is 18.4 Å². The number of hydrogen-bond acceptors (Lipinski definition) is 5. The maximum absolute atomic E-state index is 12.5. The van der Waals surface area contributed by atoms with Crippen molar-refractivity contribution >= 4 is 23.2 Å². The lowest BCUT2D eigenvalue weighted by atomic mass is 10.2. The molecule has 0 radical (unpaired) electrons. The smallest absolute Gasteiger partial charge is 0.274 e. The molecule has 2 amide bonds. The molecule has 0 saturated carbocycles. The van der Waals surface area contributed by atoms with E-state index in [1.807, 2.05) is 25.1 Å². The molecule has 0 aliphatic carbocycles. The number of carbonyl (C=O) groups excluding carboxylic acids is 2. The number of carbonyl (C=O) groups is 2. The third kappa shape index (κ3) is 3.78. The highest BCUT2D eigenvalue weighted by molar-refractivity contribution is 6.07. The largest absolute Gasteiger partial charge is 0.454 e. The molecule has 0 fully saturated rings. The van der Waals surface area contributed by atoms with Gasteiger partial charge in [-0.05, 0) is 48.9 Å². The van der Waals surface area contributed by atoms with Crippen LogP contribution in [0.2, 0.25) is 0 Å². The Hall–Kier alpha value is -3.87. The van der Waals surface area contributed by atoms with Gasteiger partial charge in [-0.25, -0.2) is 0 Å². The third-order valence-electron chi connectivity index (χ3n) is 4.16. The van der Waals surface area contributed by atoms with Crippen LogP contribution in [0, 0.1) is 6.92 Å². The van der Waals surface area contributed by atoms with Crippen molar-refractivity contribution in [3.05, 3.63) is 77.6 Å². The first-order valence-electron chi connectivity index (χ1n) is 8.63. The lowest BCUT2D eigenvalue weighted by Crippen LogP contribution is -2.17. The van der Waals surface area contributed by atoms with Crippen molar-refractivity contribution in [2.45, 2.75) is 6.92 Å². The van der Waals surface area contributed by atoms with E-state index in [0.29, 0.717) is 28.4 Å². The molecule has 0 unspecified atom stereocenters. The minimum absolute atomic E-state index is 0.134. The fraction of sp³-hybridized carbons (Fsp3) is 0.0952. The molecule has 0 bridgehead atoms. The summed E-state index contributed by atoms with van der Waals surface area (Å²) in [7, 11) is 0. The first kappa shape index (κ1) is 17.5. The van der Waals surface area contributed by atoms with E-state index in [4.69, 9.17) is 9.47 Å². The number of rotatable bonds is 4. The highest BCUT2D eigenvalue weighted by Crippen LogP contribution is 2.34. The van der Waals surface area contributed by atoms with Gasteiger partial charge in [0.1, 0.15) is 5.69 Å². The van der Waals surface area contributed by atoms with Crippen molar-refractivity contribution in [3.8, 4) is 11.5 Å². The number of fused-ring (bicyclic) bond motifs is 1. The fourth-order valence-electron chi connectivity index (χ4n) is 2.79. The first-order chi connectivity index (χ1) is 13.6. The SMILES string of the molecule is Cc1cccc(NC(=O)c2ccnc(C(=O)Nc3ccc4c(c3)OCO4)c2)c1. The van der Waals surface area contributed by atoms with Gasteiger partial charge in [0.25, 0.3) is 11.8 Å². The number of amides is 2. The van der Waals surface area contributed by atoms with Crippen LogP contribution in [0.1, 0.15) is 26.4 Å². The predicted molar refractivity (Wildman–Crippen MR) is 104 cm³/mol. The lowest BCUT2D eigenvalue weighted by Gasteiger charge is -2.08. The number of aryl methyl sites for hydroxylation is 1. The quantitative estimate of drug-likeness (QED) is 0.727. The Morgan fingerprint density at radius 2 is 1.68 bits per heavy atom. The molecule has 7 heteroatoms. The molecular weight excluding hydrogens is 358 g/mol. The Bertz CT molecular complexity index is 1070. The summed E-state index contributed by atoms with van der Waals surface area (Å²) in [6, 6.07) is 15.6. The molecule has 28 heavy (non-hydrogen) atoms. The predicted octanol–water partition coefficient (Wildman–Crippen LogP) is 3.62. The maximum atomic E-state index is 12.5. The summed E-state index contributed by atoms with van der Waals surface area (Å²) in [4.78, 5) is 29.1. The summed E-state index contributed by atoms with van der Waals surface area (Å²) in [5.41, 5.74) is 2.75. The van der Waals surface area contributed by atoms with Crippen molar-refractivity contribution in [1.29, 1.82) is 0 Å². The highest BCUT2D eigenvalue weighted by atomic mass is 16.7. The van der Waals surface area contributed by atoms with Crippen LogP contribution in [0.15, 0.2) is 60.8 Å². The number of anilines is 2.